The normalized spacial score (nSPS) is 12.4. The van der Waals surface area contributed by atoms with Gasteiger partial charge in [-0.1, -0.05) is 42.0 Å². The minimum atomic E-state index is -0.961. The molecule has 0 aliphatic carbocycles. The molecule has 0 aromatic heterocycles. The van der Waals surface area contributed by atoms with E-state index < -0.39 is 11.9 Å². The summed E-state index contributed by atoms with van der Waals surface area (Å²) in [5, 5.41) is 10.3. The molecule has 2 aromatic carbocycles. The van der Waals surface area contributed by atoms with E-state index in [2.05, 4.69) is 0 Å². The smallest absolute Gasteiger partial charge is 0.129 e. The van der Waals surface area contributed by atoms with Crippen molar-refractivity contribution < 1.29 is 14.2 Å². The number of halogens is 1. The van der Waals surface area contributed by atoms with Gasteiger partial charge in [0.2, 0.25) is 0 Å². The summed E-state index contributed by atoms with van der Waals surface area (Å²) in [6, 6.07) is 12.1. The van der Waals surface area contributed by atoms with Crippen molar-refractivity contribution in [1.82, 2.24) is 0 Å². The number of aryl methyl sites for hydroxylation is 1. The highest BCUT2D eigenvalue weighted by Gasteiger charge is 2.15. The molecule has 0 amide bonds. The first-order valence-electron chi connectivity index (χ1n) is 6.13. The number of ether oxygens (including phenoxy) is 1. The molecule has 0 heterocycles. The minimum absolute atomic E-state index is 0.301. The van der Waals surface area contributed by atoms with Crippen molar-refractivity contribution in [2.24, 2.45) is 0 Å². The van der Waals surface area contributed by atoms with E-state index in [-0.39, 0.29) is 0 Å². The fourth-order valence-electron chi connectivity index (χ4n) is 2.07. The van der Waals surface area contributed by atoms with Crippen LogP contribution in [0.25, 0.3) is 0 Å². The first-order chi connectivity index (χ1) is 9.11. The van der Waals surface area contributed by atoms with Crippen LogP contribution in [-0.4, -0.2) is 12.2 Å². The Labute approximate surface area is 112 Å². The van der Waals surface area contributed by atoms with E-state index in [4.69, 9.17) is 4.74 Å². The van der Waals surface area contributed by atoms with Crippen LogP contribution >= 0.6 is 0 Å². The second kappa shape index (κ2) is 5.95. The van der Waals surface area contributed by atoms with Crippen molar-refractivity contribution >= 4 is 0 Å². The molecule has 3 heteroatoms. The third-order valence-electron chi connectivity index (χ3n) is 3.02. The van der Waals surface area contributed by atoms with Gasteiger partial charge in [0.15, 0.2) is 0 Å². The van der Waals surface area contributed by atoms with Gasteiger partial charge in [0.1, 0.15) is 11.9 Å². The third kappa shape index (κ3) is 3.19. The summed E-state index contributed by atoms with van der Waals surface area (Å²) >= 11 is 0. The van der Waals surface area contributed by atoms with Crippen molar-refractivity contribution in [3.63, 3.8) is 0 Å². The molecule has 1 N–H and O–H groups in total. The van der Waals surface area contributed by atoms with E-state index in [9.17, 15) is 9.50 Å². The first-order valence-corrected chi connectivity index (χ1v) is 6.13. The highest BCUT2D eigenvalue weighted by molar-refractivity contribution is 5.35. The molecule has 0 saturated carbocycles. The Morgan fingerprint density at radius 2 is 2.00 bits per heavy atom. The summed E-state index contributed by atoms with van der Waals surface area (Å²) in [6.07, 6.45) is -0.961. The van der Waals surface area contributed by atoms with Crippen molar-refractivity contribution in [2.75, 3.05) is 7.11 Å². The highest BCUT2D eigenvalue weighted by Crippen LogP contribution is 2.25. The maximum atomic E-state index is 13.8. The average Bonchev–Trinajstić information content (AvgIpc) is 2.41. The first kappa shape index (κ1) is 13.7. The lowest BCUT2D eigenvalue weighted by molar-refractivity contribution is 0.184. The van der Waals surface area contributed by atoms with Crippen molar-refractivity contribution in [3.05, 3.63) is 70.5 Å². The van der Waals surface area contributed by atoms with Gasteiger partial charge in [-0.05, 0) is 24.1 Å². The van der Waals surface area contributed by atoms with E-state index >= 15 is 0 Å². The Hall–Kier alpha value is -1.71. The Balaban J connectivity index is 2.35. The van der Waals surface area contributed by atoms with Crippen LogP contribution in [0.2, 0.25) is 0 Å². The van der Waals surface area contributed by atoms with Crippen LogP contribution in [0.3, 0.4) is 0 Å². The highest BCUT2D eigenvalue weighted by atomic mass is 19.1. The molecule has 1 unspecified atom stereocenters. The summed E-state index contributed by atoms with van der Waals surface area (Å²) in [4.78, 5) is 0. The lowest BCUT2D eigenvalue weighted by Gasteiger charge is -2.14. The van der Waals surface area contributed by atoms with Gasteiger partial charge in [0.25, 0.3) is 0 Å². The zero-order valence-corrected chi connectivity index (χ0v) is 11.1. The summed E-state index contributed by atoms with van der Waals surface area (Å²) in [7, 11) is 1.61. The van der Waals surface area contributed by atoms with Gasteiger partial charge in [0, 0.05) is 12.7 Å². The van der Waals surface area contributed by atoms with Crippen LogP contribution < -0.4 is 0 Å². The molecule has 0 radical (unpaired) electrons. The van der Waals surface area contributed by atoms with Crippen LogP contribution in [0, 0.1) is 12.7 Å². The molecule has 2 nitrogen and oxygen atoms in total. The Morgan fingerprint density at radius 3 is 2.74 bits per heavy atom. The summed E-state index contributed by atoms with van der Waals surface area (Å²) in [5.74, 6) is -0.393. The SMILES string of the molecule is COCc1cccc(C(O)c2cc(C)ccc2F)c1. The van der Waals surface area contributed by atoms with E-state index in [1.165, 1.54) is 6.07 Å². The zero-order chi connectivity index (χ0) is 13.8. The Bertz CT molecular complexity index is 566. The third-order valence-corrected chi connectivity index (χ3v) is 3.02. The van der Waals surface area contributed by atoms with Crippen LogP contribution in [0.5, 0.6) is 0 Å². The van der Waals surface area contributed by atoms with Crippen LogP contribution in [0.4, 0.5) is 4.39 Å². The van der Waals surface area contributed by atoms with Gasteiger partial charge in [-0.3, -0.25) is 0 Å². The molecule has 1 atom stereocenters. The fourth-order valence-corrected chi connectivity index (χ4v) is 2.07. The van der Waals surface area contributed by atoms with E-state index in [1.807, 2.05) is 25.1 Å². The predicted molar refractivity (Wildman–Crippen MR) is 72.4 cm³/mol. The van der Waals surface area contributed by atoms with Gasteiger partial charge >= 0.3 is 0 Å². The molecule has 0 spiro atoms. The van der Waals surface area contributed by atoms with E-state index in [0.29, 0.717) is 17.7 Å². The van der Waals surface area contributed by atoms with Gasteiger partial charge in [-0.15, -0.1) is 0 Å². The zero-order valence-electron chi connectivity index (χ0n) is 11.1. The maximum Gasteiger partial charge on any atom is 0.129 e. The predicted octanol–water partition coefficient (Wildman–Crippen LogP) is 3.36. The molecule has 0 bridgehead atoms. The largest absolute Gasteiger partial charge is 0.384 e. The van der Waals surface area contributed by atoms with Gasteiger partial charge < -0.3 is 9.84 Å². The standard InChI is InChI=1S/C16H17FO2/c1-11-6-7-15(17)14(8-11)16(18)13-5-3-4-12(9-13)10-19-2/h3-9,16,18H,10H2,1-2H3. The van der Waals surface area contributed by atoms with Gasteiger partial charge in [-0.2, -0.15) is 0 Å². The molecule has 2 aromatic rings. The van der Waals surface area contributed by atoms with Gasteiger partial charge in [-0.25, -0.2) is 4.39 Å². The lowest BCUT2D eigenvalue weighted by Crippen LogP contribution is -2.04. The van der Waals surface area contributed by atoms with Crippen molar-refractivity contribution in [2.45, 2.75) is 19.6 Å². The molecular weight excluding hydrogens is 243 g/mol. The number of rotatable bonds is 4. The lowest BCUT2D eigenvalue weighted by atomic mass is 9.98. The molecular formula is C16H17FO2. The minimum Gasteiger partial charge on any atom is -0.384 e. The fraction of sp³-hybridized carbons (Fsp3) is 0.250. The van der Waals surface area contributed by atoms with E-state index in [0.717, 1.165) is 11.1 Å². The van der Waals surface area contributed by atoms with Gasteiger partial charge in [0.05, 0.1) is 6.61 Å². The molecule has 19 heavy (non-hydrogen) atoms. The van der Waals surface area contributed by atoms with Crippen LogP contribution in [0.1, 0.15) is 28.4 Å². The number of hydrogen-bond acceptors (Lipinski definition) is 2. The monoisotopic (exact) mass is 260 g/mol. The second-order valence-electron chi connectivity index (χ2n) is 4.61. The number of aliphatic hydroxyl groups is 1. The maximum absolute atomic E-state index is 13.8. The number of aliphatic hydroxyl groups excluding tert-OH is 1. The molecule has 0 aliphatic heterocycles. The molecule has 0 fully saturated rings. The topological polar surface area (TPSA) is 29.5 Å². The molecule has 2 rings (SSSR count). The van der Waals surface area contributed by atoms with Crippen LogP contribution in [-0.2, 0) is 11.3 Å². The summed E-state index contributed by atoms with van der Waals surface area (Å²) in [5.41, 5.74) is 2.84. The molecule has 100 valence electrons. The molecule has 0 saturated heterocycles. The number of hydrogen-bond donors (Lipinski definition) is 1. The van der Waals surface area contributed by atoms with E-state index in [1.54, 1.807) is 25.3 Å². The van der Waals surface area contributed by atoms with Crippen molar-refractivity contribution in [3.8, 4) is 0 Å². The van der Waals surface area contributed by atoms with Crippen LogP contribution in [0.15, 0.2) is 42.5 Å². The quantitative estimate of drug-likeness (QED) is 0.913. The molecule has 0 aliphatic rings. The Kier molecular flexibility index (Phi) is 4.30. The Morgan fingerprint density at radius 1 is 1.21 bits per heavy atom. The average molecular weight is 260 g/mol. The second-order valence-corrected chi connectivity index (χ2v) is 4.61. The van der Waals surface area contributed by atoms with Crippen molar-refractivity contribution in [1.29, 1.82) is 0 Å². The summed E-state index contributed by atoms with van der Waals surface area (Å²) in [6.45, 7) is 2.34. The number of methoxy groups -OCH3 is 1. The summed E-state index contributed by atoms with van der Waals surface area (Å²) < 4.78 is 18.8. The number of benzene rings is 2.